The van der Waals surface area contributed by atoms with Crippen LogP contribution in [0.2, 0.25) is 0 Å². The maximum Gasteiger partial charge on any atom is 0.203 e. The Hall–Kier alpha value is -2.75. The SMILES string of the molecule is COc1cc(C(=O)/C=C/c2ccc(C)cc2)cc(OC)c1OC. The highest BCUT2D eigenvalue weighted by atomic mass is 16.5. The summed E-state index contributed by atoms with van der Waals surface area (Å²) < 4.78 is 15.8. The van der Waals surface area contributed by atoms with Crippen molar-refractivity contribution in [3.8, 4) is 17.2 Å². The lowest BCUT2D eigenvalue weighted by Gasteiger charge is -2.13. The molecule has 0 spiro atoms. The number of hydrogen-bond acceptors (Lipinski definition) is 4. The van der Waals surface area contributed by atoms with Crippen LogP contribution >= 0.6 is 0 Å². The molecule has 120 valence electrons. The van der Waals surface area contributed by atoms with Gasteiger partial charge in [0.25, 0.3) is 0 Å². The van der Waals surface area contributed by atoms with Crippen molar-refractivity contribution in [3.63, 3.8) is 0 Å². The Labute approximate surface area is 136 Å². The Morgan fingerprint density at radius 2 is 1.48 bits per heavy atom. The van der Waals surface area contributed by atoms with E-state index in [9.17, 15) is 4.79 Å². The van der Waals surface area contributed by atoms with Crippen molar-refractivity contribution in [1.82, 2.24) is 0 Å². The van der Waals surface area contributed by atoms with Crippen molar-refractivity contribution in [2.75, 3.05) is 21.3 Å². The van der Waals surface area contributed by atoms with E-state index in [2.05, 4.69) is 0 Å². The number of benzene rings is 2. The van der Waals surface area contributed by atoms with Crippen molar-refractivity contribution in [2.24, 2.45) is 0 Å². The summed E-state index contributed by atoms with van der Waals surface area (Å²) in [6, 6.07) is 11.2. The molecule has 2 rings (SSSR count). The average molecular weight is 312 g/mol. The van der Waals surface area contributed by atoms with E-state index in [4.69, 9.17) is 14.2 Å². The zero-order chi connectivity index (χ0) is 16.8. The lowest BCUT2D eigenvalue weighted by atomic mass is 10.1. The van der Waals surface area contributed by atoms with Crippen LogP contribution in [0, 0.1) is 6.92 Å². The summed E-state index contributed by atoms with van der Waals surface area (Å²) in [5.74, 6) is 1.25. The minimum Gasteiger partial charge on any atom is -0.493 e. The van der Waals surface area contributed by atoms with E-state index in [1.54, 1.807) is 18.2 Å². The molecule has 23 heavy (non-hydrogen) atoms. The number of rotatable bonds is 6. The fraction of sp³-hybridized carbons (Fsp3) is 0.211. The van der Waals surface area contributed by atoms with Crippen LogP contribution < -0.4 is 14.2 Å². The number of carbonyl (C=O) groups is 1. The van der Waals surface area contributed by atoms with Crippen molar-refractivity contribution in [1.29, 1.82) is 0 Å². The second-order valence-electron chi connectivity index (χ2n) is 5.02. The van der Waals surface area contributed by atoms with Gasteiger partial charge in [-0.3, -0.25) is 4.79 Å². The molecule has 0 aromatic heterocycles. The molecule has 2 aromatic rings. The molecular weight excluding hydrogens is 292 g/mol. The van der Waals surface area contributed by atoms with E-state index in [0.29, 0.717) is 22.8 Å². The molecule has 0 N–H and O–H groups in total. The van der Waals surface area contributed by atoms with E-state index in [1.807, 2.05) is 31.2 Å². The average Bonchev–Trinajstić information content (AvgIpc) is 2.59. The third-order valence-corrected chi connectivity index (χ3v) is 3.45. The van der Waals surface area contributed by atoms with Gasteiger partial charge in [-0.15, -0.1) is 0 Å². The van der Waals surface area contributed by atoms with E-state index in [-0.39, 0.29) is 5.78 Å². The minimum absolute atomic E-state index is 0.134. The first-order valence-electron chi connectivity index (χ1n) is 7.18. The van der Waals surface area contributed by atoms with Gasteiger partial charge < -0.3 is 14.2 Å². The number of allylic oxidation sites excluding steroid dienone is 1. The highest BCUT2D eigenvalue weighted by Crippen LogP contribution is 2.38. The normalized spacial score (nSPS) is 10.6. The molecule has 0 saturated carbocycles. The van der Waals surface area contributed by atoms with Gasteiger partial charge in [0.05, 0.1) is 21.3 Å². The van der Waals surface area contributed by atoms with Crippen LogP contribution in [-0.4, -0.2) is 27.1 Å². The maximum absolute atomic E-state index is 12.4. The fourth-order valence-corrected chi connectivity index (χ4v) is 2.17. The van der Waals surface area contributed by atoms with E-state index in [0.717, 1.165) is 5.56 Å². The number of carbonyl (C=O) groups excluding carboxylic acids is 1. The molecule has 0 bridgehead atoms. The topological polar surface area (TPSA) is 44.8 Å². The zero-order valence-corrected chi connectivity index (χ0v) is 13.8. The Morgan fingerprint density at radius 1 is 0.913 bits per heavy atom. The third kappa shape index (κ3) is 3.92. The van der Waals surface area contributed by atoms with Crippen LogP contribution in [0.1, 0.15) is 21.5 Å². The predicted molar refractivity (Wildman–Crippen MR) is 90.6 cm³/mol. The molecule has 0 unspecified atom stereocenters. The monoisotopic (exact) mass is 312 g/mol. The molecule has 0 saturated heterocycles. The lowest BCUT2D eigenvalue weighted by Crippen LogP contribution is -2.00. The first-order chi connectivity index (χ1) is 11.1. The van der Waals surface area contributed by atoms with Gasteiger partial charge in [0.1, 0.15) is 0 Å². The summed E-state index contributed by atoms with van der Waals surface area (Å²) in [5, 5.41) is 0. The number of ether oxygens (including phenoxy) is 3. The van der Waals surface area contributed by atoms with Crippen LogP contribution in [0.4, 0.5) is 0 Å². The zero-order valence-electron chi connectivity index (χ0n) is 13.8. The van der Waals surface area contributed by atoms with Crippen LogP contribution in [0.3, 0.4) is 0 Å². The number of ketones is 1. The van der Waals surface area contributed by atoms with Crippen molar-refractivity contribution in [2.45, 2.75) is 6.92 Å². The van der Waals surface area contributed by atoms with Gasteiger partial charge in [-0.2, -0.15) is 0 Å². The van der Waals surface area contributed by atoms with Crippen molar-refractivity contribution in [3.05, 3.63) is 59.2 Å². The first kappa shape index (κ1) is 16.6. The highest BCUT2D eigenvalue weighted by molar-refractivity contribution is 6.07. The Balaban J connectivity index is 2.30. The smallest absolute Gasteiger partial charge is 0.203 e. The molecule has 4 heteroatoms. The standard InChI is InChI=1S/C19H20O4/c1-13-5-7-14(8-6-13)9-10-16(20)15-11-17(21-2)19(23-4)18(12-15)22-3/h5-12H,1-4H3/b10-9+. The van der Waals surface area contributed by atoms with Gasteiger partial charge in [0, 0.05) is 5.56 Å². The minimum atomic E-state index is -0.134. The lowest BCUT2D eigenvalue weighted by molar-refractivity contribution is 0.104. The van der Waals surface area contributed by atoms with Gasteiger partial charge in [0.15, 0.2) is 17.3 Å². The van der Waals surface area contributed by atoms with Crippen LogP contribution in [-0.2, 0) is 0 Å². The number of methoxy groups -OCH3 is 3. The molecule has 0 heterocycles. The molecule has 0 aliphatic heterocycles. The van der Waals surface area contributed by atoms with Gasteiger partial charge in [0.2, 0.25) is 5.75 Å². The van der Waals surface area contributed by atoms with E-state index in [1.165, 1.54) is 33.0 Å². The quantitative estimate of drug-likeness (QED) is 0.599. The largest absolute Gasteiger partial charge is 0.493 e. The molecule has 0 aliphatic carbocycles. The second kappa shape index (κ2) is 7.49. The summed E-state index contributed by atoms with van der Waals surface area (Å²) in [6.45, 7) is 2.02. The van der Waals surface area contributed by atoms with E-state index < -0.39 is 0 Å². The molecule has 0 fully saturated rings. The first-order valence-corrected chi connectivity index (χ1v) is 7.18. The Bertz CT molecular complexity index is 690. The highest BCUT2D eigenvalue weighted by Gasteiger charge is 2.15. The van der Waals surface area contributed by atoms with Gasteiger partial charge >= 0.3 is 0 Å². The molecule has 0 atom stereocenters. The number of aryl methyl sites for hydroxylation is 1. The molecule has 2 aromatic carbocycles. The van der Waals surface area contributed by atoms with Gasteiger partial charge in [-0.25, -0.2) is 0 Å². The third-order valence-electron chi connectivity index (χ3n) is 3.45. The predicted octanol–water partition coefficient (Wildman–Crippen LogP) is 3.92. The summed E-state index contributed by atoms with van der Waals surface area (Å²) >= 11 is 0. The molecule has 4 nitrogen and oxygen atoms in total. The second-order valence-corrected chi connectivity index (χ2v) is 5.02. The number of hydrogen-bond donors (Lipinski definition) is 0. The van der Waals surface area contributed by atoms with Crippen molar-refractivity contribution < 1.29 is 19.0 Å². The van der Waals surface area contributed by atoms with Gasteiger partial charge in [-0.05, 0) is 30.7 Å². The molecular formula is C19H20O4. The Morgan fingerprint density at radius 3 is 1.96 bits per heavy atom. The summed E-state index contributed by atoms with van der Waals surface area (Å²) in [6.07, 6.45) is 3.32. The maximum atomic E-state index is 12.4. The van der Waals surface area contributed by atoms with E-state index >= 15 is 0 Å². The summed E-state index contributed by atoms with van der Waals surface area (Å²) in [7, 11) is 4.57. The van der Waals surface area contributed by atoms with Crippen LogP contribution in [0.5, 0.6) is 17.2 Å². The fourth-order valence-electron chi connectivity index (χ4n) is 2.17. The Kier molecular flexibility index (Phi) is 5.41. The van der Waals surface area contributed by atoms with Gasteiger partial charge in [-0.1, -0.05) is 35.9 Å². The molecule has 0 aliphatic rings. The van der Waals surface area contributed by atoms with Crippen molar-refractivity contribution >= 4 is 11.9 Å². The summed E-state index contributed by atoms with van der Waals surface area (Å²) in [4.78, 5) is 12.4. The van der Waals surface area contributed by atoms with Crippen LogP contribution in [0.15, 0.2) is 42.5 Å². The molecule has 0 radical (unpaired) electrons. The summed E-state index contributed by atoms with van der Waals surface area (Å²) in [5.41, 5.74) is 2.62. The molecule has 0 amide bonds. The van der Waals surface area contributed by atoms with Crippen LogP contribution in [0.25, 0.3) is 6.08 Å².